The third-order valence-electron chi connectivity index (χ3n) is 4.19. The maximum atomic E-state index is 3.89. The molecule has 2 aliphatic carbocycles. The Kier molecular flexibility index (Phi) is 3.13. The minimum Gasteiger partial charge on any atom is -0.310 e. The van der Waals surface area contributed by atoms with E-state index in [1.807, 2.05) is 11.8 Å². The predicted molar refractivity (Wildman–Crippen MR) is 64.9 cm³/mol. The van der Waals surface area contributed by atoms with Gasteiger partial charge in [-0.3, -0.25) is 0 Å². The van der Waals surface area contributed by atoms with E-state index >= 15 is 0 Å². The van der Waals surface area contributed by atoms with Crippen LogP contribution >= 0.6 is 11.8 Å². The van der Waals surface area contributed by atoms with E-state index in [9.17, 15) is 0 Å². The summed E-state index contributed by atoms with van der Waals surface area (Å²) in [5, 5.41) is 4.78. The smallest absolute Gasteiger partial charge is 0.0199 e. The molecule has 2 saturated carbocycles. The van der Waals surface area contributed by atoms with E-state index < -0.39 is 0 Å². The zero-order chi connectivity index (χ0) is 10.2. The molecule has 2 rings (SSSR count). The van der Waals surface area contributed by atoms with Gasteiger partial charge in [0.2, 0.25) is 0 Å². The third-order valence-corrected chi connectivity index (χ3v) is 5.36. The van der Waals surface area contributed by atoms with Crippen molar-refractivity contribution in [2.75, 3.05) is 6.26 Å². The van der Waals surface area contributed by atoms with Crippen molar-refractivity contribution >= 4 is 11.8 Å². The first-order valence-electron chi connectivity index (χ1n) is 5.92. The van der Waals surface area contributed by atoms with Crippen LogP contribution in [0.5, 0.6) is 0 Å². The van der Waals surface area contributed by atoms with Crippen molar-refractivity contribution in [3.63, 3.8) is 0 Å². The van der Waals surface area contributed by atoms with Gasteiger partial charge in [0.25, 0.3) is 0 Å². The fourth-order valence-corrected chi connectivity index (χ4v) is 3.75. The predicted octanol–water partition coefficient (Wildman–Crippen LogP) is 3.05. The summed E-state index contributed by atoms with van der Waals surface area (Å²) < 4.78 is 0. The fourth-order valence-electron chi connectivity index (χ4n) is 2.84. The van der Waals surface area contributed by atoms with Gasteiger partial charge in [-0.2, -0.15) is 11.8 Å². The highest BCUT2D eigenvalue weighted by Crippen LogP contribution is 2.39. The minimum atomic E-state index is 0.540. The van der Waals surface area contributed by atoms with Crippen molar-refractivity contribution in [3.8, 4) is 0 Å². The molecule has 14 heavy (non-hydrogen) atoms. The molecule has 0 heterocycles. The van der Waals surface area contributed by atoms with Gasteiger partial charge in [0.1, 0.15) is 0 Å². The number of nitrogens with one attached hydrogen (secondary N) is 1. The monoisotopic (exact) mass is 213 g/mol. The molecule has 2 aliphatic rings. The van der Waals surface area contributed by atoms with Gasteiger partial charge < -0.3 is 5.32 Å². The summed E-state index contributed by atoms with van der Waals surface area (Å²) in [6.07, 6.45) is 9.29. The highest BCUT2D eigenvalue weighted by Gasteiger charge is 2.39. The first kappa shape index (κ1) is 10.8. The molecule has 1 nitrogen and oxygen atoms in total. The lowest BCUT2D eigenvalue weighted by atomic mass is 9.84. The second-order valence-corrected chi connectivity index (χ2v) is 6.63. The summed E-state index contributed by atoms with van der Waals surface area (Å²) in [7, 11) is 0. The Bertz CT molecular complexity index is 200. The Balaban J connectivity index is 1.85. The zero-order valence-electron chi connectivity index (χ0n) is 9.68. The van der Waals surface area contributed by atoms with Gasteiger partial charge in [0.15, 0.2) is 0 Å². The van der Waals surface area contributed by atoms with Crippen molar-refractivity contribution in [1.82, 2.24) is 5.32 Å². The largest absolute Gasteiger partial charge is 0.310 e. The maximum Gasteiger partial charge on any atom is 0.0199 e. The van der Waals surface area contributed by atoms with E-state index in [2.05, 4.69) is 25.4 Å². The summed E-state index contributed by atoms with van der Waals surface area (Å²) in [4.78, 5) is 0. The average Bonchev–Trinajstić information content (AvgIpc) is 2.40. The average molecular weight is 213 g/mol. The summed E-state index contributed by atoms with van der Waals surface area (Å²) in [6, 6.07) is 1.59. The number of hydrogen-bond donors (Lipinski definition) is 1. The maximum absolute atomic E-state index is 3.89. The molecule has 3 unspecified atom stereocenters. The number of hydrogen-bond acceptors (Lipinski definition) is 2. The van der Waals surface area contributed by atoms with Crippen LogP contribution in [-0.2, 0) is 0 Å². The van der Waals surface area contributed by atoms with Crippen LogP contribution in [0.15, 0.2) is 0 Å². The van der Waals surface area contributed by atoms with Crippen LogP contribution in [0.4, 0.5) is 0 Å². The van der Waals surface area contributed by atoms with Gasteiger partial charge in [-0.05, 0) is 37.4 Å². The molecule has 3 atom stereocenters. The van der Waals surface area contributed by atoms with Gasteiger partial charge >= 0.3 is 0 Å². The van der Waals surface area contributed by atoms with Crippen molar-refractivity contribution in [2.24, 2.45) is 5.41 Å². The molecule has 2 fully saturated rings. The first-order chi connectivity index (χ1) is 6.63. The Morgan fingerprint density at radius 2 is 2.00 bits per heavy atom. The lowest BCUT2D eigenvalue weighted by molar-refractivity contribution is 0.225. The van der Waals surface area contributed by atoms with Crippen LogP contribution in [0.2, 0.25) is 0 Å². The Hall–Kier alpha value is 0.310. The summed E-state index contributed by atoms with van der Waals surface area (Å²) >= 11 is 2.04. The first-order valence-corrected chi connectivity index (χ1v) is 7.21. The van der Waals surface area contributed by atoms with Crippen molar-refractivity contribution in [3.05, 3.63) is 0 Å². The molecule has 0 aromatic heterocycles. The highest BCUT2D eigenvalue weighted by molar-refractivity contribution is 7.99. The Morgan fingerprint density at radius 3 is 2.43 bits per heavy atom. The van der Waals surface area contributed by atoms with Crippen molar-refractivity contribution in [2.45, 2.75) is 63.3 Å². The molecule has 0 aromatic rings. The van der Waals surface area contributed by atoms with Crippen LogP contribution in [0.1, 0.15) is 46.0 Å². The standard InChI is InChI=1S/C12H23NS/c1-12(2)8-4-5-11(12)13-9-6-7-10(9)14-3/h9-11,13H,4-8H2,1-3H3. The molecular formula is C12H23NS. The van der Waals surface area contributed by atoms with Gasteiger partial charge in [0.05, 0.1) is 0 Å². The van der Waals surface area contributed by atoms with E-state index in [4.69, 9.17) is 0 Å². The molecule has 0 amide bonds. The Morgan fingerprint density at radius 1 is 1.21 bits per heavy atom. The topological polar surface area (TPSA) is 12.0 Å². The quantitative estimate of drug-likeness (QED) is 0.773. The van der Waals surface area contributed by atoms with E-state index in [-0.39, 0.29) is 0 Å². The lowest BCUT2D eigenvalue weighted by Gasteiger charge is -2.41. The molecule has 0 saturated heterocycles. The van der Waals surface area contributed by atoms with Crippen molar-refractivity contribution < 1.29 is 0 Å². The van der Waals surface area contributed by atoms with Crippen LogP contribution in [-0.4, -0.2) is 23.6 Å². The fraction of sp³-hybridized carbons (Fsp3) is 1.00. The normalized spacial score (nSPS) is 40.9. The molecule has 0 spiro atoms. The zero-order valence-corrected chi connectivity index (χ0v) is 10.5. The molecule has 82 valence electrons. The molecule has 0 aliphatic heterocycles. The van der Waals surface area contributed by atoms with Gasteiger partial charge in [0, 0.05) is 17.3 Å². The lowest BCUT2D eigenvalue weighted by Crippen LogP contribution is -2.53. The van der Waals surface area contributed by atoms with Crippen molar-refractivity contribution in [1.29, 1.82) is 0 Å². The number of thioether (sulfide) groups is 1. The molecule has 0 bridgehead atoms. The highest BCUT2D eigenvalue weighted by atomic mass is 32.2. The van der Waals surface area contributed by atoms with Crippen LogP contribution < -0.4 is 5.32 Å². The Labute approximate surface area is 92.4 Å². The van der Waals surface area contributed by atoms with E-state index in [0.29, 0.717) is 5.41 Å². The number of rotatable bonds is 3. The van der Waals surface area contributed by atoms with Gasteiger partial charge in [-0.1, -0.05) is 20.3 Å². The minimum absolute atomic E-state index is 0.540. The summed E-state index contributed by atoms with van der Waals surface area (Å²) in [5.74, 6) is 0. The molecular weight excluding hydrogens is 190 g/mol. The summed E-state index contributed by atoms with van der Waals surface area (Å²) in [6.45, 7) is 4.84. The van der Waals surface area contributed by atoms with Gasteiger partial charge in [-0.25, -0.2) is 0 Å². The summed E-state index contributed by atoms with van der Waals surface area (Å²) in [5.41, 5.74) is 0.540. The van der Waals surface area contributed by atoms with Crippen LogP contribution in [0.25, 0.3) is 0 Å². The second-order valence-electron chi connectivity index (χ2n) is 5.56. The van der Waals surface area contributed by atoms with Crippen LogP contribution in [0, 0.1) is 5.41 Å². The molecule has 1 N–H and O–H groups in total. The van der Waals surface area contributed by atoms with Crippen LogP contribution in [0.3, 0.4) is 0 Å². The molecule has 0 aromatic carbocycles. The molecule has 0 radical (unpaired) electrons. The van der Waals surface area contributed by atoms with E-state index in [0.717, 1.165) is 17.3 Å². The molecule has 2 heteroatoms. The van der Waals surface area contributed by atoms with E-state index in [1.54, 1.807) is 0 Å². The van der Waals surface area contributed by atoms with E-state index in [1.165, 1.54) is 32.1 Å². The third kappa shape index (κ3) is 1.96. The van der Waals surface area contributed by atoms with Gasteiger partial charge in [-0.15, -0.1) is 0 Å². The second kappa shape index (κ2) is 4.05. The SMILES string of the molecule is CSC1CCC1NC1CCCC1(C)C.